The number of rotatable bonds is 18. The fraction of sp³-hybridized carbons (Fsp3) is 0.389. The van der Waals surface area contributed by atoms with Crippen molar-refractivity contribution in [1.82, 2.24) is 10.6 Å². The molecule has 0 heterocycles. The van der Waals surface area contributed by atoms with Crippen molar-refractivity contribution in [3.05, 3.63) is 94.4 Å². The van der Waals surface area contributed by atoms with Gasteiger partial charge in [-0.05, 0) is 50.3 Å². The minimum Gasteiger partial charge on any atom is -0.445 e. The van der Waals surface area contributed by atoms with Crippen LogP contribution >= 0.6 is 0 Å². The molecule has 0 fully saturated rings. The van der Waals surface area contributed by atoms with Crippen LogP contribution in [0.4, 0.5) is 4.79 Å². The summed E-state index contributed by atoms with van der Waals surface area (Å²) in [5.74, 6) is -2.99. The number of allylic oxidation sites excluding steroid dienone is 5. The summed E-state index contributed by atoms with van der Waals surface area (Å²) in [5.41, 5.74) is 6.59. The van der Waals surface area contributed by atoms with Crippen molar-refractivity contribution >= 4 is 35.2 Å². The molecule has 0 aromatic heterocycles. The van der Waals surface area contributed by atoms with Gasteiger partial charge in [0.2, 0.25) is 11.6 Å². The molecule has 13 nitrogen and oxygen atoms in total. The van der Waals surface area contributed by atoms with Crippen molar-refractivity contribution in [2.24, 2.45) is 22.7 Å². The Morgan fingerprint density at radius 3 is 2.33 bits per heavy atom. The number of benzene rings is 1. The van der Waals surface area contributed by atoms with E-state index in [4.69, 9.17) is 24.8 Å². The molecule has 264 valence electrons. The predicted molar refractivity (Wildman–Crippen MR) is 184 cm³/mol. The Kier molecular flexibility index (Phi) is 16.6. The maximum atomic E-state index is 13.9. The van der Waals surface area contributed by atoms with Gasteiger partial charge in [0, 0.05) is 42.9 Å². The second-order valence-corrected chi connectivity index (χ2v) is 11.5. The number of nitrogens with one attached hydrogen (secondary N) is 2. The molecule has 1 aliphatic carbocycles. The molecule has 0 saturated heterocycles. The third-order valence-electron chi connectivity index (χ3n) is 7.39. The van der Waals surface area contributed by atoms with Crippen molar-refractivity contribution in [2.45, 2.75) is 46.6 Å². The molecule has 0 radical (unpaired) electrons. The summed E-state index contributed by atoms with van der Waals surface area (Å²) in [6, 6.07) is 8.28. The molecular formula is C36H46N4O9. The highest BCUT2D eigenvalue weighted by atomic mass is 16.6. The minimum absolute atomic E-state index is 0.00197. The molecule has 0 saturated carbocycles. The quantitative estimate of drug-likeness (QED) is 0.0514. The van der Waals surface area contributed by atoms with Gasteiger partial charge in [-0.2, -0.15) is 0 Å². The highest BCUT2D eigenvalue weighted by Crippen LogP contribution is 2.28. The third-order valence-corrected chi connectivity index (χ3v) is 7.39. The van der Waals surface area contributed by atoms with E-state index in [1.807, 2.05) is 19.9 Å². The summed E-state index contributed by atoms with van der Waals surface area (Å²) in [6.07, 6.45) is 6.67. The second kappa shape index (κ2) is 20.3. The van der Waals surface area contributed by atoms with E-state index in [2.05, 4.69) is 15.8 Å². The second-order valence-electron chi connectivity index (χ2n) is 11.5. The van der Waals surface area contributed by atoms with Crippen molar-refractivity contribution in [3.63, 3.8) is 0 Å². The van der Waals surface area contributed by atoms with Gasteiger partial charge in [-0.25, -0.2) is 4.79 Å². The first-order chi connectivity index (χ1) is 23.3. The topological polar surface area (TPSA) is 185 Å². The lowest BCUT2D eigenvalue weighted by atomic mass is 9.85. The van der Waals surface area contributed by atoms with Gasteiger partial charge in [-0.1, -0.05) is 61.5 Å². The zero-order chi connectivity index (χ0) is 36.5. The average molecular weight is 679 g/mol. The van der Waals surface area contributed by atoms with E-state index in [1.54, 1.807) is 69.5 Å². The number of primary amides is 1. The van der Waals surface area contributed by atoms with Gasteiger partial charge >= 0.3 is 6.09 Å². The minimum atomic E-state index is -0.890. The summed E-state index contributed by atoms with van der Waals surface area (Å²) in [5, 5.41) is 9.38. The van der Waals surface area contributed by atoms with Crippen LogP contribution in [-0.2, 0) is 33.4 Å². The maximum absolute atomic E-state index is 13.9. The first-order valence-corrected chi connectivity index (χ1v) is 15.6. The number of hydrogen-bond donors (Lipinski definition) is 3. The van der Waals surface area contributed by atoms with Crippen molar-refractivity contribution < 1.29 is 43.0 Å². The van der Waals surface area contributed by atoms with E-state index in [0.717, 1.165) is 11.6 Å². The van der Waals surface area contributed by atoms with Crippen LogP contribution in [0.2, 0.25) is 0 Å². The van der Waals surface area contributed by atoms with Gasteiger partial charge < -0.3 is 35.4 Å². The smallest absolute Gasteiger partial charge is 0.404 e. The van der Waals surface area contributed by atoms with Crippen molar-refractivity contribution in [3.8, 4) is 0 Å². The van der Waals surface area contributed by atoms with Gasteiger partial charge in [0.25, 0.3) is 11.8 Å². The molecule has 4 N–H and O–H groups in total. The number of oxime groups is 1. The fourth-order valence-corrected chi connectivity index (χ4v) is 4.97. The monoisotopic (exact) mass is 678 g/mol. The average Bonchev–Trinajstić information content (AvgIpc) is 3.07. The van der Waals surface area contributed by atoms with Crippen LogP contribution in [-0.4, -0.2) is 75.8 Å². The first kappa shape index (κ1) is 40.0. The number of Topliss-reactive ketones (excluding diaryl/α,β-unsaturated/α-hetero) is 1. The Morgan fingerprint density at radius 1 is 1.02 bits per heavy atom. The van der Waals surface area contributed by atoms with Gasteiger partial charge in [0.1, 0.15) is 13.7 Å². The summed E-state index contributed by atoms with van der Waals surface area (Å²) in [6.45, 7) is 7.43. The van der Waals surface area contributed by atoms with Crippen LogP contribution < -0.4 is 16.4 Å². The van der Waals surface area contributed by atoms with Gasteiger partial charge in [-0.3, -0.25) is 19.2 Å². The molecule has 0 bridgehead atoms. The molecule has 1 aromatic rings. The largest absolute Gasteiger partial charge is 0.445 e. The SMILES string of the molecule is COC/C=C\C=C(/C)C(=O)NC1=CC(=O)C(NC(=O)c2ccccc2)=C(C[C@@H](C)C[C@H](OC)/C(=N/OC)[C@@H](C)/C=C(\C)COC(N)=O)C1=O. The van der Waals surface area contributed by atoms with Crippen molar-refractivity contribution in [1.29, 1.82) is 0 Å². The molecule has 1 aromatic carbocycles. The Balaban J connectivity index is 2.40. The van der Waals surface area contributed by atoms with E-state index in [1.165, 1.54) is 14.2 Å². The van der Waals surface area contributed by atoms with Gasteiger partial charge in [0.05, 0.1) is 29.8 Å². The fourth-order valence-electron chi connectivity index (χ4n) is 4.97. The van der Waals surface area contributed by atoms with Crippen molar-refractivity contribution in [2.75, 3.05) is 34.5 Å². The number of nitrogens with two attached hydrogens (primary N) is 1. The Labute approximate surface area is 286 Å². The van der Waals surface area contributed by atoms with Gasteiger partial charge in [-0.15, -0.1) is 0 Å². The van der Waals surface area contributed by atoms with E-state index in [9.17, 15) is 24.0 Å². The zero-order valence-corrected chi connectivity index (χ0v) is 29.0. The highest BCUT2D eigenvalue weighted by Gasteiger charge is 2.33. The molecule has 49 heavy (non-hydrogen) atoms. The lowest BCUT2D eigenvalue weighted by molar-refractivity contribution is -0.120. The number of carbonyl (C=O) groups is 5. The number of methoxy groups -OCH3 is 2. The molecule has 0 unspecified atom stereocenters. The molecule has 0 spiro atoms. The lowest BCUT2D eigenvalue weighted by Crippen LogP contribution is -2.38. The molecule has 1 aliphatic rings. The predicted octanol–water partition coefficient (Wildman–Crippen LogP) is 4.08. The summed E-state index contributed by atoms with van der Waals surface area (Å²) < 4.78 is 15.6. The number of ketones is 2. The van der Waals surface area contributed by atoms with Crippen LogP contribution in [0, 0.1) is 11.8 Å². The Hall–Kier alpha value is -5.14. The Bertz CT molecular complexity index is 1550. The van der Waals surface area contributed by atoms with Gasteiger partial charge in [0.15, 0.2) is 0 Å². The number of ether oxygens (including phenoxy) is 3. The van der Waals surface area contributed by atoms with Crippen LogP contribution in [0.25, 0.3) is 0 Å². The summed E-state index contributed by atoms with van der Waals surface area (Å²) in [4.78, 5) is 69.5. The first-order valence-electron chi connectivity index (χ1n) is 15.6. The maximum Gasteiger partial charge on any atom is 0.404 e. The molecule has 3 amide bonds. The summed E-state index contributed by atoms with van der Waals surface area (Å²) in [7, 11) is 4.46. The van der Waals surface area contributed by atoms with Crippen LogP contribution in [0.3, 0.4) is 0 Å². The van der Waals surface area contributed by atoms with Crippen LogP contribution in [0.1, 0.15) is 50.9 Å². The molecule has 2 rings (SSSR count). The number of nitrogens with zero attached hydrogens (tertiary/aromatic N) is 1. The van der Waals surface area contributed by atoms with E-state index in [0.29, 0.717) is 29.9 Å². The molecule has 0 aliphatic heterocycles. The number of amides is 3. The normalized spacial score (nSPS) is 16.2. The van der Waals surface area contributed by atoms with Crippen LogP contribution in [0.15, 0.2) is 94.0 Å². The highest BCUT2D eigenvalue weighted by molar-refractivity contribution is 6.24. The summed E-state index contributed by atoms with van der Waals surface area (Å²) >= 11 is 0. The Morgan fingerprint density at radius 2 is 1.71 bits per heavy atom. The molecule has 13 heteroatoms. The number of carbonyl (C=O) groups excluding carboxylic acids is 5. The third kappa shape index (κ3) is 12.8. The van der Waals surface area contributed by atoms with Crippen LogP contribution in [0.5, 0.6) is 0 Å². The van der Waals surface area contributed by atoms with E-state index < -0.39 is 35.6 Å². The zero-order valence-electron chi connectivity index (χ0n) is 29.0. The standard InChI is InChI=1S/C36H46N4O9/c1-22(19-30(47-6)31(40-48-7)25(4)17-23(2)21-49-36(37)45)18-27-32(39-35(44)26-14-9-8-10-15-26)29(41)20-28(33(27)42)38-34(43)24(3)13-11-12-16-46-5/h8-15,17,20,22,25,30H,16,18-19,21H2,1-7H3,(H2,37,45)(H,38,43)(H,39,44)/b12-11-,23-17+,24-13+,40-31+/t22-,25+,30+/m1/s1. The lowest BCUT2D eigenvalue weighted by Gasteiger charge is -2.26. The number of hydrogen-bond acceptors (Lipinski definition) is 10. The van der Waals surface area contributed by atoms with E-state index in [-0.39, 0.29) is 41.8 Å². The molecule has 3 atom stereocenters. The molecular weight excluding hydrogens is 632 g/mol. The van der Waals surface area contributed by atoms with E-state index >= 15 is 0 Å².